The van der Waals surface area contributed by atoms with E-state index in [1.165, 1.54) is 0 Å². The van der Waals surface area contributed by atoms with Crippen LogP contribution in [0.25, 0.3) is 5.65 Å². The highest BCUT2D eigenvalue weighted by Crippen LogP contribution is 2.28. The molecule has 0 radical (unpaired) electrons. The summed E-state index contributed by atoms with van der Waals surface area (Å²) in [5.74, 6) is 1.30. The monoisotopic (exact) mass is 280 g/mol. The van der Waals surface area contributed by atoms with E-state index in [2.05, 4.69) is 4.98 Å². The third-order valence-electron chi connectivity index (χ3n) is 3.56. The van der Waals surface area contributed by atoms with Crippen molar-refractivity contribution in [3.63, 3.8) is 0 Å². The van der Waals surface area contributed by atoms with E-state index in [0.29, 0.717) is 5.75 Å². The van der Waals surface area contributed by atoms with E-state index < -0.39 is 9.84 Å². The molecular formula is C13H16N2O3S. The van der Waals surface area contributed by atoms with Gasteiger partial charge in [0.25, 0.3) is 0 Å². The Bertz CT molecular complexity index is 706. The van der Waals surface area contributed by atoms with Gasteiger partial charge in [-0.2, -0.15) is 0 Å². The number of fused-ring (bicyclic) bond motifs is 1. The first kappa shape index (κ1) is 12.5. The molecule has 1 aliphatic heterocycles. The second kappa shape index (κ2) is 4.52. The minimum Gasteiger partial charge on any atom is -0.495 e. The molecular weight excluding hydrogens is 264 g/mol. The van der Waals surface area contributed by atoms with Gasteiger partial charge in [0.05, 0.1) is 30.5 Å². The molecule has 102 valence electrons. The summed E-state index contributed by atoms with van der Waals surface area (Å²) in [6.07, 6.45) is 5.37. The van der Waals surface area contributed by atoms with Crippen molar-refractivity contribution < 1.29 is 13.2 Å². The average molecular weight is 280 g/mol. The van der Waals surface area contributed by atoms with Gasteiger partial charge in [-0.3, -0.25) is 0 Å². The molecule has 1 saturated heterocycles. The van der Waals surface area contributed by atoms with Crippen molar-refractivity contribution >= 4 is 15.5 Å². The number of hydrogen-bond donors (Lipinski definition) is 0. The Morgan fingerprint density at radius 1 is 1.37 bits per heavy atom. The first-order valence-corrected chi connectivity index (χ1v) is 8.12. The average Bonchev–Trinajstić information content (AvgIpc) is 2.80. The largest absolute Gasteiger partial charge is 0.495 e. The SMILES string of the molecule is COc1ccc2nc(C3CCCS(=O)(=O)C3)cn2c1. The molecule has 0 bridgehead atoms. The lowest BCUT2D eigenvalue weighted by atomic mass is 10.0. The maximum atomic E-state index is 11.7. The van der Waals surface area contributed by atoms with Gasteiger partial charge in [0.1, 0.15) is 11.4 Å². The maximum Gasteiger partial charge on any atom is 0.150 e. The molecule has 1 fully saturated rings. The second-order valence-electron chi connectivity index (χ2n) is 4.95. The molecule has 5 nitrogen and oxygen atoms in total. The van der Waals surface area contributed by atoms with Crippen molar-refractivity contribution in [3.05, 3.63) is 30.2 Å². The number of hydrogen-bond acceptors (Lipinski definition) is 4. The Balaban J connectivity index is 1.97. The van der Waals surface area contributed by atoms with Crippen LogP contribution in [0.2, 0.25) is 0 Å². The Labute approximate surface area is 112 Å². The van der Waals surface area contributed by atoms with Crippen LogP contribution in [0.5, 0.6) is 5.75 Å². The van der Waals surface area contributed by atoms with Crippen molar-refractivity contribution in [2.45, 2.75) is 18.8 Å². The van der Waals surface area contributed by atoms with Gasteiger partial charge >= 0.3 is 0 Å². The number of sulfone groups is 1. The van der Waals surface area contributed by atoms with Crippen molar-refractivity contribution in [1.29, 1.82) is 0 Å². The van der Waals surface area contributed by atoms with Gasteiger partial charge < -0.3 is 9.14 Å². The Morgan fingerprint density at radius 3 is 2.95 bits per heavy atom. The molecule has 2 aromatic rings. The molecule has 2 aromatic heterocycles. The van der Waals surface area contributed by atoms with Gasteiger partial charge in [-0.25, -0.2) is 13.4 Å². The van der Waals surface area contributed by atoms with Crippen LogP contribution in [0, 0.1) is 0 Å². The minimum atomic E-state index is -2.90. The molecule has 0 aliphatic carbocycles. The first-order chi connectivity index (χ1) is 9.07. The zero-order valence-corrected chi connectivity index (χ0v) is 11.6. The van der Waals surface area contributed by atoms with Gasteiger partial charge in [-0.05, 0) is 25.0 Å². The molecule has 0 N–H and O–H groups in total. The topological polar surface area (TPSA) is 60.7 Å². The number of rotatable bonds is 2. The van der Waals surface area contributed by atoms with Gasteiger partial charge in [0.2, 0.25) is 0 Å². The summed E-state index contributed by atoms with van der Waals surface area (Å²) in [7, 11) is -1.29. The van der Waals surface area contributed by atoms with Gasteiger partial charge in [-0.15, -0.1) is 0 Å². The van der Waals surface area contributed by atoms with Crippen LogP contribution < -0.4 is 4.74 Å². The summed E-state index contributed by atoms with van der Waals surface area (Å²) in [6.45, 7) is 0. The van der Waals surface area contributed by atoms with Crippen LogP contribution in [0.15, 0.2) is 24.5 Å². The van der Waals surface area contributed by atoms with E-state index in [1.807, 2.05) is 28.9 Å². The van der Waals surface area contributed by atoms with Crippen LogP contribution in [0.3, 0.4) is 0 Å². The highest BCUT2D eigenvalue weighted by atomic mass is 32.2. The fourth-order valence-corrected chi connectivity index (χ4v) is 4.29. The van der Waals surface area contributed by atoms with E-state index in [-0.39, 0.29) is 11.7 Å². The highest BCUT2D eigenvalue weighted by Gasteiger charge is 2.27. The van der Waals surface area contributed by atoms with E-state index in [4.69, 9.17) is 4.74 Å². The van der Waals surface area contributed by atoms with Gasteiger partial charge in [0.15, 0.2) is 9.84 Å². The molecule has 19 heavy (non-hydrogen) atoms. The molecule has 1 unspecified atom stereocenters. The number of nitrogens with zero attached hydrogens (tertiary/aromatic N) is 2. The van der Waals surface area contributed by atoms with Crippen LogP contribution in [0.4, 0.5) is 0 Å². The van der Waals surface area contributed by atoms with Crippen molar-refractivity contribution in [2.75, 3.05) is 18.6 Å². The van der Waals surface area contributed by atoms with Crippen molar-refractivity contribution in [3.8, 4) is 5.75 Å². The minimum absolute atomic E-state index is 0.0182. The summed E-state index contributed by atoms with van der Waals surface area (Å²) in [4.78, 5) is 4.52. The number of ether oxygens (including phenoxy) is 1. The third-order valence-corrected chi connectivity index (χ3v) is 5.38. The molecule has 1 aliphatic rings. The zero-order chi connectivity index (χ0) is 13.5. The van der Waals surface area contributed by atoms with Gasteiger partial charge in [-0.1, -0.05) is 0 Å². The number of imidazole rings is 1. The van der Waals surface area contributed by atoms with E-state index >= 15 is 0 Å². The lowest BCUT2D eigenvalue weighted by Gasteiger charge is -2.19. The predicted molar refractivity (Wildman–Crippen MR) is 72.4 cm³/mol. The molecule has 0 aromatic carbocycles. The van der Waals surface area contributed by atoms with Crippen LogP contribution >= 0.6 is 0 Å². The normalized spacial score (nSPS) is 22.5. The highest BCUT2D eigenvalue weighted by molar-refractivity contribution is 7.91. The maximum absolute atomic E-state index is 11.7. The van der Waals surface area contributed by atoms with Crippen LogP contribution in [-0.4, -0.2) is 36.4 Å². The summed E-state index contributed by atoms with van der Waals surface area (Å²) in [6, 6.07) is 3.73. The molecule has 6 heteroatoms. The Morgan fingerprint density at radius 2 is 2.21 bits per heavy atom. The molecule has 3 heterocycles. The number of pyridine rings is 1. The fourth-order valence-electron chi connectivity index (χ4n) is 2.56. The lowest BCUT2D eigenvalue weighted by Crippen LogP contribution is -2.23. The Kier molecular flexibility index (Phi) is 2.97. The smallest absolute Gasteiger partial charge is 0.150 e. The zero-order valence-electron chi connectivity index (χ0n) is 10.7. The van der Waals surface area contributed by atoms with E-state index in [1.54, 1.807) is 7.11 Å². The third kappa shape index (κ3) is 2.45. The van der Waals surface area contributed by atoms with Gasteiger partial charge in [0, 0.05) is 12.1 Å². The van der Waals surface area contributed by atoms with Crippen LogP contribution in [-0.2, 0) is 9.84 Å². The summed E-state index contributed by atoms with van der Waals surface area (Å²) in [5, 5.41) is 0. The summed E-state index contributed by atoms with van der Waals surface area (Å²) >= 11 is 0. The van der Waals surface area contributed by atoms with E-state index in [0.717, 1.165) is 29.9 Å². The predicted octanol–water partition coefficient (Wildman–Crippen LogP) is 1.64. The molecule has 0 spiro atoms. The molecule has 3 rings (SSSR count). The van der Waals surface area contributed by atoms with E-state index in [9.17, 15) is 8.42 Å². The molecule has 1 atom stereocenters. The summed E-state index contributed by atoms with van der Waals surface area (Å²) in [5.41, 5.74) is 1.68. The first-order valence-electron chi connectivity index (χ1n) is 6.30. The number of methoxy groups -OCH3 is 1. The molecule has 0 saturated carbocycles. The van der Waals surface area contributed by atoms with Crippen molar-refractivity contribution in [1.82, 2.24) is 9.38 Å². The quantitative estimate of drug-likeness (QED) is 0.839. The summed E-state index contributed by atoms with van der Waals surface area (Å²) < 4.78 is 30.4. The standard InChI is InChI=1S/C13H16N2O3S/c1-18-11-4-5-13-14-12(8-15(13)7-11)10-3-2-6-19(16,17)9-10/h4-5,7-8,10H,2-3,6,9H2,1H3. The fraction of sp³-hybridized carbons (Fsp3) is 0.462. The molecule has 0 amide bonds. The second-order valence-corrected chi connectivity index (χ2v) is 7.18. The van der Waals surface area contributed by atoms with Crippen LogP contribution in [0.1, 0.15) is 24.5 Å². The Hall–Kier alpha value is -1.56. The number of aromatic nitrogens is 2. The lowest BCUT2D eigenvalue weighted by molar-refractivity contribution is 0.412. The van der Waals surface area contributed by atoms with Crippen molar-refractivity contribution in [2.24, 2.45) is 0 Å².